The molecule has 8 nitrogen and oxygen atoms in total. The Kier molecular flexibility index (Phi) is 7.06. The van der Waals surface area contributed by atoms with Crippen LogP contribution in [0.15, 0.2) is 30.3 Å². The summed E-state index contributed by atoms with van der Waals surface area (Å²) in [4.78, 5) is 29.8. The average molecular weight is 429 g/mol. The van der Waals surface area contributed by atoms with Gasteiger partial charge in [0.2, 0.25) is 5.91 Å². The maximum Gasteiger partial charge on any atom is 0.252 e. The predicted octanol–water partition coefficient (Wildman–Crippen LogP) is 2.55. The van der Waals surface area contributed by atoms with E-state index in [4.69, 9.17) is 11.5 Å². The lowest BCUT2D eigenvalue weighted by Crippen LogP contribution is -2.35. The molecule has 1 aliphatic rings. The van der Waals surface area contributed by atoms with Crippen LogP contribution in [-0.4, -0.2) is 47.9 Å². The Morgan fingerprint density at radius 3 is 2.39 bits per heavy atom. The van der Waals surface area contributed by atoms with E-state index in [-0.39, 0.29) is 17.2 Å². The lowest BCUT2D eigenvalue weighted by molar-refractivity contribution is -0.118. The molecular formula is C22H29FN6O2. The van der Waals surface area contributed by atoms with Gasteiger partial charge in [-0.05, 0) is 69.1 Å². The molecule has 0 aliphatic carbocycles. The number of likely N-dealkylation sites (tertiary alicyclic amines) is 1. The third-order valence-electron chi connectivity index (χ3n) is 5.67. The molecule has 2 heterocycles. The molecular weight excluding hydrogens is 399 g/mol. The first-order chi connectivity index (χ1) is 14.8. The lowest BCUT2D eigenvalue weighted by Gasteiger charge is -2.29. The molecule has 0 unspecified atom stereocenters. The largest absolute Gasteiger partial charge is 0.368 e. The van der Waals surface area contributed by atoms with E-state index in [2.05, 4.69) is 27.6 Å². The average Bonchev–Trinajstić information content (AvgIpc) is 2.74. The number of nitrogens with two attached hydrogens (primary N) is 2. The molecule has 2 aromatic rings. The van der Waals surface area contributed by atoms with E-state index >= 15 is 0 Å². The number of nitrogens with zero attached hydrogens (tertiary/aromatic N) is 2. The Morgan fingerprint density at radius 2 is 1.84 bits per heavy atom. The van der Waals surface area contributed by atoms with Crippen LogP contribution in [-0.2, 0) is 4.79 Å². The van der Waals surface area contributed by atoms with Gasteiger partial charge in [0.05, 0.1) is 5.56 Å². The molecule has 166 valence electrons. The molecule has 1 saturated heterocycles. The fourth-order valence-electron chi connectivity index (χ4n) is 3.73. The third kappa shape index (κ3) is 5.49. The van der Waals surface area contributed by atoms with E-state index in [1.165, 1.54) is 5.56 Å². The van der Waals surface area contributed by atoms with E-state index in [9.17, 15) is 14.0 Å². The van der Waals surface area contributed by atoms with Gasteiger partial charge in [-0.1, -0.05) is 19.1 Å². The number of primary amides is 2. The number of hydrogen-bond acceptors (Lipinski definition) is 6. The van der Waals surface area contributed by atoms with Crippen LogP contribution in [0.5, 0.6) is 0 Å². The van der Waals surface area contributed by atoms with E-state index < -0.39 is 23.7 Å². The Labute approximate surface area is 181 Å². The molecule has 1 aliphatic heterocycles. The van der Waals surface area contributed by atoms with Gasteiger partial charge in [0, 0.05) is 5.69 Å². The van der Waals surface area contributed by atoms with Gasteiger partial charge in [-0.25, -0.2) is 9.37 Å². The van der Waals surface area contributed by atoms with Crippen LogP contribution in [0.25, 0.3) is 0 Å². The predicted molar refractivity (Wildman–Crippen MR) is 119 cm³/mol. The standard InChI is InChI=1S/C22H29FN6O2/c1-3-18(20(25)31)27-22-17(23)12-16(19(24)30)21(28-22)26-15-6-4-13(5-7-15)14-8-10-29(2)11-9-14/h4-7,12,14,18H,3,8-11H2,1-2H3,(H2,24,30)(H2,25,31)(H2,26,27,28)/t18-/m1/s1. The number of amides is 2. The van der Waals surface area contributed by atoms with Gasteiger partial charge in [0.15, 0.2) is 11.6 Å². The van der Waals surface area contributed by atoms with Crippen molar-refractivity contribution in [2.24, 2.45) is 11.5 Å². The van der Waals surface area contributed by atoms with Crippen molar-refractivity contribution in [3.63, 3.8) is 0 Å². The quantitative estimate of drug-likeness (QED) is 0.512. The highest BCUT2D eigenvalue weighted by Crippen LogP contribution is 2.30. The van der Waals surface area contributed by atoms with E-state index in [1.54, 1.807) is 6.92 Å². The summed E-state index contributed by atoms with van der Waals surface area (Å²) >= 11 is 0. The number of hydrogen-bond donors (Lipinski definition) is 4. The minimum absolute atomic E-state index is 0.0884. The van der Waals surface area contributed by atoms with Crippen molar-refractivity contribution in [1.82, 2.24) is 9.88 Å². The number of rotatable bonds is 8. The number of nitrogens with one attached hydrogen (secondary N) is 2. The summed E-state index contributed by atoms with van der Waals surface area (Å²) in [5.41, 5.74) is 12.6. The van der Waals surface area contributed by atoms with Gasteiger partial charge in [0.1, 0.15) is 11.9 Å². The van der Waals surface area contributed by atoms with E-state index in [1.807, 2.05) is 24.3 Å². The maximum absolute atomic E-state index is 14.5. The molecule has 6 N–H and O–H groups in total. The Balaban J connectivity index is 1.83. The van der Waals surface area contributed by atoms with Crippen molar-refractivity contribution >= 4 is 29.1 Å². The van der Waals surface area contributed by atoms with Crippen LogP contribution in [0.4, 0.5) is 21.7 Å². The maximum atomic E-state index is 14.5. The minimum atomic E-state index is -0.815. The van der Waals surface area contributed by atoms with Crippen molar-refractivity contribution in [1.29, 1.82) is 0 Å². The molecule has 0 radical (unpaired) electrons. The lowest BCUT2D eigenvalue weighted by atomic mass is 9.89. The fourth-order valence-corrected chi connectivity index (χ4v) is 3.73. The van der Waals surface area contributed by atoms with Crippen LogP contribution < -0.4 is 22.1 Å². The summed E-state index contributed by atoms with van der Waals surface area (Å²) in [6, 6.07) is 8.10. The Morgan fingerprint density at radius 1 is 1.19 bits per heavy atom. The van der Waals surface area contributed by atoms with Crippen LogP contribution in [0, 0.1) is 5.82 Å². The SMILES string of the molecule is CC[C@@H](Nc1nc(Nc2ccc(C3CCN(C)CC3)cc2)c(C(N)=O)cc1F)C(N)=O. The third-order valence-corrected chi connectivity index (χ3v) is 5.67. The zero-order valence-electron chi connectivity index (χ0n) is 17.8. The summed E-state index contributed by atoms with van der Waals surface area (Å²) < 4.78 is 14.5. The van der Waals surface area contributed by atoms with Crippen molar-refractivity contribution < 1.29 is 14.0 Å². The number of pyridine rings is 1. The second-order valence-electron chi connectivity index (χ2n) is 7.91. The smallest absolute Gasteiger partial charge is 0.252 e. The van der Waals surface area contributed by atoms with Crippen LogP contribution in [0.2, 0.25) is 0 Å². The highest BCUT2D eigenvalue weighted by molar-refractivity contribution is 5.98. The number of carbonyl (C=O) groups is 2. The number of aromatic nitrogens is 1. The first-order valence-corrected chi connectivity index (χ1v) is 10.4. The number of anilines is 3. The van der Waals surface area contributed by atoms with Gasteiger partial charge >= 0.3 is 0 Å². The second-order valence-corrected chi connectivity index (χ2v) is 7.91. The molecule has 1 fully saturated rings. The summed E-state index contributed by atoms with van der Waals surface area (Å²) in [5.74, 6) is -1.79. The van der Waals surface area contributed by atoms with Crippen molar-refractivity contribution in [3.05, 3.63) is 47.3 Å². The Hall–Kier alpha value is -3.20. The molecule has 2 amide bonds. The van der Waals surface area contributed by atoms with Gasteiger partial charge in [-0.3, -0.25) is 9.59 Å². The first-order valence-electron chi connectivity index (χ1n) is 10.4. The van der Waals surface area contributed by atoms with E-state index in [0.717, 1.165) is 32.0 Å². The van der Waals surface area contributed by atoms with Crippen molar-refractivity contribution in [3.8, 4) is 0 Å². The molecule has 9 heteroatoms. The topological polar surface area (TPSA) is 126 Å². The monoisotopic (exact) mass is 428 g/mol. The molecule has 0 saturated carbocycles. The number of halogens is 1. The van der Waals surface area contributed by atoms with Gasteiger partial charge in [-0.15, -0.1) is 0 Å². The van der Waals surface area contributed by atoms with Gasteiger partial charge < -0.3 is 27.0 Å². The number of carbonyl (C=O) groups excluding carboxylic acids is 2. The summed E-state index contributed by atoms with van der Waals surface area (Å²) in [6.45, 7) is 3.89. The molecule has 1 aromatic heterocycles. The second kappa shape index (κ2) is 9.74. The zero-order valence-corrected chi connectivity index (χ0v) is 17.8. The van der Waals surface area contributed by atoms with Gasteiger partial charge in [-0.2, -0.15) is 0 Å². The first kappa shape index (κ1) is 22.5. The normalized spacial score (nSPS) is 16.0. The highest BCUT2D eigenvalue weighted by Gasteiger charge is 2.21. The van der Waals surface area contributed by atoms with Gasteiger partial charge in [0.25, 0.3) is 5.91 Å². The molecule has 3 rings (SSSR count). The van der Waals surface area contributed by atoms with Crippen LogP contribution in [0.3, 0.4) is 0 Å². The molecule has 1 aromatic carbocycles. The number of benzene rings is 1. The highest BCUT2D eigenvalue weighted by atomic mass is 19.1. The van der Waals surface area contributed by atoms with Crippen LogP contribution >= 0.6 is 0 Å². The molecule has 31 heavy (non-hydrogen) atoms. The van der Waals surface area contributed by atoms with E-state index in [0.29, 0.717) is 18.0 Å². The molecule has 0 bridgehead atoms. The minimum Gasteiger partial charge on any atom is -0.368 e. The summed E-state index contributed by atoms with van der Waals surface area (Å²) in [6.07, 6.45) is 2.58. The fraction of sp³-hybridized carbons (Fsp3) is 0.409. The Bertz CT molecular complexity index is 942. The number of piperidine rings is 1. The van der Waals surface area contributed by atoms with Crippen molar-refractivity contribution in [2.75, 3.05) is 30.8 Å². The summed E-state index contributed by atoms with van der Waals surface area (Å²) in [7, 11) is 2.13. The summed E-state index contributed by atoms with van der Waals surface area (Å²) in [5, 5.41) is 5.72. The van der Waals surface area contributed by atoms with Crippen LogP contribution in [0.1, 0.15) is 48.0 Å². The van der Waals surface area contributed by atoms with Crippen molar-refractivity contribution in [2.45, 2.75) is 38.1 Å². The molecule has 1 atom stereocenters. The zero-order chi connectivity index (χ0) is 22.5. The molecule has 0 spiro atoms.